The Morgan fingerprint density at radius 2 is 1.62 bits per heavy atom. The summed E-state index contributed by atoms with van der Waals surface area (Å²) < 4.78 is 0. The molecular formula is C21H26. The maximum atomic E-state index is 2.40. The highest BCUT2D eigenvalue weighted by Gasteiger charge is 2.36. The van der Waals surface area contributed by atoms with Gasteiger partial charge in [-0.25, -0.2) is 0 Å². The second-order valence-electron chi connectivity index (χ2n) is 7.12. The molecule has 0 fully saturated rings. The summed E-state index contributed by atoms with van der Waals surface area (Å²) in [7, 11) is 0. The van der Waals surface area contributed by atoms with E-state index in [-0.39, 0.29) is 5.41 Å². The van der Waals surface area contributed by atoms with E-state index < -0.39 is 0 Å². The molecule has 110 valence electrons. The molecule has 0 aliphatic heterocycles. The molecule has 0 saturated heterocycles. The quantitative estimate of drug-likeness (QED) is 0.650. The van der Waals surface area contributed by atoms with Crippen LogP contribution in [0.5, 0.6) is 0 Å². The molecule has 0 atom stereocenters. The van der Waals surface area contributed by atoms with E-state index in [1.165, 1.54) is 52.6 Å². The fourth-order valence-corrected chi connectivity index (χ4v) is 3.78. The molecule has 1 aliphatic rings. The third kappa shape index (κ3) is 2.21. The minimum absolute atomic E-state index is 0.129. The maximum absolute atomic E-state index is 2.40. The normalized spacial score (nSPS) is 14.9. The van der Waals surface area contributed by atoms with E-state index in [1.54, 1.807) is 5.56 Å². The van der Waals surface area contributed by atoms with Gasteiger partial charge in [0.05, 0.1) is 0 Å². The van der Waals surface area contributed by atoms with Gasteiger partial charge in [-0.15, -0.1) is 0 Å². The first-order chi connectivity index (χ1) is 9.95. The predicted octanol–water partition coefficient (Wildman–Crippen LogP) is 5.95. The lowest BCUT2D eigenvalue weighted by atomic mass is 9.81. The molecule has 0 saturated carbocycles. The standard InChI is InChI=1S/C21H26/c1-6-7-8-16-11-15(3)13-19-20(16)17-10-9-14(2)12-18(17)21(19,4)5/h9-13H,6-8H2,1-5H3. The maximum Gasteiger partial charge on any atom is 0.0159 e. The van der Waals surface area contributed by atoms with Gasteiger partial charge in [0, 0.05) is 5.41 Å². The molecule has 0 radical (unpaired) electrons. The van der Waals surface area contributed by atoms with E-state index in [2.05, 4.69) is 65.0 Å². The summed E-state index contributed by atoms with van der Waals surface area (Å²) in [5.41, 5.74) is 10.4. The van der Waals surface area contributed by atoms with Gasteiger partial charge in [0.15, 0.2) is 0 Å². The summed E-state index contributed by atoms with van der Waals surface area (Å²) in [6, 6.07) is 11.8. The van der Waals surface area contributed by atoms with E-state index in [4.69, 9.17) is 0 Å². The van der Waals surface area contributed by atoms with Gasteiger partial charge in [0.2, 0.25) is 0 Å². The molecule has 0 N–H and O–H groups in total. The molecule has 0 bridgehead atoms. The first-order valence-corrected chi connectivity index (χ1v) is 8.20. The van der Waals surface area contributed by atoms with Crippen molar-refractivity contribution in [2.24, 2.45) is 0 Å². The largest absolute Gasteiger partial charge is 0.0654 e. The number of unbranched alkanes of at least 4 members (excludes halogenated alkanes) is 1. The SMILES string of the molecule is CCCCc1cc(C)cc2c1-c1ccc(C)cc1C2(C)C. The van der Waals surface area contributed by atoms with Crippen molar-refractivity contribution in [2.45, 2.75) is 59.3 Å². The zero-order valence-corrected chi connectivity index (χ0v) is 14.0. The second kappa shape index (κ2) is 5.02. The van der Waals surface area contributed by atoms with Crippen LogP contribution in [0.25, 0.3) is 11.1 Å². The van der Waals surface area contributed by atoms with Crippen molar-refractivity contribution in [3.63, 3.8) is 0 Å². The van der Waals surface area contributed by atoms with Crippen LogP contribution in [0.1, 0.15) is 61.4 Å². The van der Waals surface area contributed by atoms with Crippen molar-refractivity contribution in [1.29, 1.82) is 0 Å². The molecule has 0 amide bonds. The van der Waals surface area contributed by atoms with Gasteiger partial charge in [-0.1, -0.05) is 68.7 Å². The first kappa shape index (κ1) is 14.4. The Bertz CT molecular complexity index is 689. The third-order valence-corrected chi connectivity index (χ3v) is 4.96. The molecule has 0 heterocycles. The average Bonchev–Trinajstić information content (AvgIpc) is 2.65. The Morgan fingerprint density at radius 1 is 0.905 bits per heavy atom. The van der Waals surface area contributed by atoms with Gasteiger partial charge in [0.25, 0.3) is 0 Å². The Hall–Kier alpha value is -1.56. The van der Waals surface area contributed by atoms with Crippen molar-refractivity contribution in [2.75, 3.05) is 0 Å². The highest BCUT2D eigenvalue weighted by molar-refractivity contribution is 5.83. The Balaban J connectivity index is 2.27. The lowest BCUT2D eigenvalue weighted by molar-refractivity contribution is 0.658. The summed E-state index contributed by atoms with van der Waals surface area (Å²) in [5, 5.41) is 0. The number of hydrogen-bond acceptors (Lipinski definition) is 0. The van der Waals surface area contributed by atoms with Gasteiger partial charge in [-0.3, -0.25) is 0 Å². The van der Waals surface area contributed by atoms with Crippen LogP contribution in [0.3, 0.4) is 0 Å². The van der Waals surface area contributed by atoms with Crippen LogP contribution >= 0.6 is 0 Å². The highest BCUT2D eigenvalue weighted by Crippen LogP contribution is 2.50. The molecule has 3 rings (SSSR count). The van der Waals surface area contributed by atoms with Crippen LogP contribution in [0.2, 0.25) is 0 Å². The summed E-state index contributed by atoms with van der Waals surface area (Å²) >= 11 is 0. The molecule has 1 aliphatic carbocycles. The fourth-order valence-electron chi connectivity index (χ4n) is 3.78. The summed E-state index contributed by atoms with van der Waals surface area (Å²) in [6.07, 6.45) is 3.73. The van der Waals surface area contributed by atoms with Gasteiger partial charge >= 0.3 is 0 Å². The van der Waals surface area contributed by atoms with Crippen molar-refractivity contribution in [3.05, 3.63) is 58.1 Å². The van der Waals surface area contributed by atoms with Crippen LogP contribution in [0.15, 0.2) is 30.3 Å². The number of fused-ring (bicyclic) bond motifs is 3. The summed E-state index contributed by atoms with van der Waals surface area (Å²) in [4.78, 5) is 0. The smallest absolute Gasteiger partial charge is 0.0159 e. The lowest BCUT2D eigenvalue weighted by Gasteiger charge is -2.22. The molecular weight excluding hydrogens is 252 g/mol. The van der Waals surface area contributed by atoms with Crippen LogP contribution in [-0.2, 0) is 11.8 Å². The minimum atomic E-state index is 0.129. The Morgan fingerprint density at radius 3 is 2.33 bits per heavy atom. The van der Waals surface area contributed by atoms with Gasteiger partial charge in [-0.2, -0.15) is 0 Å². The van der Waals surface area contributed by atoms with Gasteiger partial charge < -0.3 is 0 Å². The highest BCUT2D eigenvalue weighted by atomic mass is 14.4. The van der Waals surface area contributed by atoms with E-state index in [9.17, 15) is 0 Å². The second-order valence-corrected chi connectivity index (χ2v) is 7.12. The zero-order valence-electron chi connectivity index (χ0n) is 14.0. The number of aryl methyl sites for hydroxylation is 3. The number of benzene rings is 2. The van der Waals surface area contributed by atoms with Gasteiger partial charge in [-0.05, 0) is 54.5 Å². The van der Waals surface area contributed by atoms with E-state index >= 15 is 0 Å². The van der Waals surface area contributed by atoms with Crippen molar-refractivity contribution >= 4 is 0 Å². The summed E-state index contributed by atoms with van der Waals surface area (Å²) in [6.45, 7) is 11.5. The molecule has 2 aromatic carbocycles. The van der Waals surface area contributed by atoms with Crippen LogP contribution in [-0.4, -0.2) is 0 Å². The topological polar surface area (TPSA) is 0 Å². The molecule has 2 aromatic rings. The Kier molecular flexibility index (Phi) is 3.43. The molecule has 21 heavy (non-hydrogen) atoms. The average molecular weight is 278 g/mol. The molecule has 0 heteroatoms. The molecule has 0 unspecified atom stereocenters. The molecule has 0 nitrogen and oxygen atoms in total. The number of rotatable bonds is 3. The van der Waals surface area contributed by atoms with Crippen molar-refractivity contribution in [1.82, 2.24) is 0 Å². The first-order valence-electron chi connectivity index (χ1n) is 8.20. The minimum Gasteiger partial charge on any atom is -0.0654 e. The van der Waals surface area contributed by atoms with Crippen molar-refractivity contribution in [3.8, 4) is 11.1 Å². The van der Waals surface area contributed by atoms with E-state index in [1.807, 2.05) is 0 Å². The monoisotopic (exact) mass is 278 g/mol. The summed E-state index contributed by atoms with van der Waals surface area (Å²) in [5.74, 6) is 0. The van der Waals surface area contributed by atoms with Crippen molar-refractivity contribution < 1.29 is 0 Å². The zero-order chi connectivity index (χ0) is 15.2. The van der Waals surface area contributed by atoms with Crippen LogP contribution in [0, 0.1) is 13.8 Å². The molecule has 0 spiro atoms. The number of hydrogen-bond donors (Lipinski definition) is 0. The third-order valence-electron chi connectivity index (χ3n) is 4.96. The fraction of sp³-hybridized carbons (Fsp3) is 0.429. The van der Waals surface area contributed by atoms with Crippen LogP contribution in [0.4, 0.5) is 0 Å². The predicted molar refractivity (Wildman–Crippen MR) is 92.1 cm³/mol. The lowest BCUT2D eigenvalue weighted by Crippen LogP contribution is -2.15. The van der Waals surface area contributed by atoms with Gasteiger partial charge in [0.1, 0.15) is 0 Å². The van der Waals surface area contributed by atoms with E-state index in [0.717, 1.165) is 0 Å². The van der Waals surface area contributed by atoms with E-state index in [0.29, 0.717) is 0 Å². The van der Waals surface area contributed by atoms with Crippen LogP contribution < -0.4 is 0 Å². The Labute approximate surface area is 129 Å². The molecule has 0 aromatic heterocycles.